The van der Waals surface area contributed by atoms with Crippen LogP contribution in [-0.2, 0) is 5.41 Å². The molecule has 0 N–H and O–H groups in total. The van der Waals surface area contributed by atoms with E-state index in [9.17, 15) is 0 Å². The van der Waals surface area contributed by atoms with Crippen molar-refractivity contribution in [3.63, 3.8) is 0 Å². The SMILES string of the molecule is c1ccc(-c2nc(-c3ccc(-c4cccc5ccccc45)cc3)nc(-c3ccc4c(c3)C3(c5cc6ccccc6cc5-4)C4CC5CC(C4)CC3C5)n2)cc1. The van der Waals surface area contributed by atoms with Crippen LogP contribution >= 0.6 is 0 Å². The molecule has 5 aliphatic rings. The Kier molecular flexibility index (Phi) is 6.52. The van der Waals surface area contributed by atoms with E-state index in [0.29, 0.717) is 23.5 Å². The third-order valence-corrected chi connectivity index (χ3v) is 13.7. The fourth-order valence-corrected chi connectivity index (χ4v) is 11.6. The number of nitrogens with zero attached hydrogens (tertiary/aromatic N) is 3. The quantitative estimate of drug-likeness (QED) is 0.184. The Hall–Kier alpha value is -5.93. The van der Waals surface area contributed by atoms with Crippen molar-refractivity contribution in [2.75, 3.05) is 0 Å². The number of fused-ring (bicyclic) bond motifs is 5. The highest BCUT2D eigenvalue weighted by atomic mass is 15.0. The van der Waals surface area contributed by atoms with Crippen LogP contribution in [0.1, 0.15) is 43.2 Å². The van der Waals surface area contributed by atoms with E-state index in [1.165, 1.54) is 81.5 Å². The molecule has 0 atom stereocenters. The zero-order chi connectivity index (χ0) is 35.4. The second kappa shape index (κ2) is 11.5. The van der Waals surface area contributed by atoms with Gasteiger partial charge in [0.15, 0.2) is 17.5 Å². The van der Waals surface area contributed by atoms with Gasteiger partial charge in [0.1, 0.15) is 0 Å². The average Bonchev–Trinajstić information content (AvgIpc) is 3.50. The molecule has 3 nitrogen and oxygen atoms in total. The van der Waals surface area contributed by atoms with Crippen molar-refractivity contribution >= 4 is 21.5 Å². The number of hydrogen-bond donors (Lipinski definition) is 0. The summed E-state index contributed by atoms with van der Waals surface area (Å²) in [7, 11) is 0. The molecule has 0 amide bonds. The van der Waals surface area contributed by atoms with Crippen LogP contribution in [0.4, 0.5) is 0 Å². The van der Waals surface area contributed by atoms with Crippen LogP contribution in [0.3, 0.4) is 0 Å². The summed E-state index contributed by atoms with van der Waals surface area (Å²) in [5.74, 6) is 5.27. The van der Waals surface area contributed by atoms with Crippen molar-refractivity contribution in [1.82, 2.24) is 15.0 Å². The van der Waals surface area contributed by atoms with Crippen molar-refractivity contribution in [1.29, 1.82) is 0 Å². The fraction of sp³-hybridized carbons (Fsp3) is 0.196. The fourth-order valence-electron chi connectivity index (χ4n) is 11.6. The van der Waals surface area contributed by atoms with Gasteiger partial charge in [0.2, 0.25) is 0 Å². The van der Waals surface area contributed by atoms with Gasteiger partial charge in [-0.05, 0) is 129 Å². The lowest BCUT2D eigenvalue weighted by Crippen LogP contribution is -2.55. The van der Waals surface area contributed by atoms with Crippen molar-refractivity contribution in [3.8, 4) is 56.4 Å². The molecule has 4 fully saturated rings. The summed E-state index contributed by atoms with van der Waals surface area (Å²) in [4.78, 5) is 15.6. The number of benzene rings is 7. The lowest BCUT2D eigenvalue weighted by Gasteiger charge is -2.61. The van der Waals surface area contributed by atoms with E-state index in [1.807, 2.05) is 6.07 Å². The molecule has 1 spiro atoms. The Morgan fingerprint density at radius 1 is 0.370 bits per heavy atom. The highest BCUT2D eigenvalue weighted by Crippen LogP contribution is 2.69. The molecular formula is C51H39N3. The molecule has 5 aliphatic carbocycles. The lowest BCUT2D eigenvalue weighted by molar-refractivity contribution is -0.0398. The minimum atomic E-state index is 0.0493. The minimum absolute atomic E-state index is 0.0493. The number of aromatic nitrogens is 3. The Labute approximate surface area is 315 Å². The molecule has 3 heteroatoms. The largest absolute Gasteiger partial charge is 0.208 e. The summed E-state index contributed by atoms with van der Waals surface area (Å²) in [5, 5.41) is 5.19. The molecule has 258 valence electrons. The van der Waals surface area contributed by atoms with Crippen LogP contribution in [0.15, 0.2) is 152 Å². The first kappa shape index (κ1) is 30.5. The standard InChI is InChI=1S/C51H39N3/c1-2-10-35(11-3-1)48-52-49(36-19-17-34(18-20-36)43-16-8-14-33-9-6-7-15-42(33)43)54-50(53-48)39-21-22-44-45-28-37-12-4-5-13-38(37)29-47(45)51(46(44)30-39)40-24-31-23-32(26-40)27-41(51)25-31/h1-22,28-32,40-41H,23-27H2. The summed E-state index contributed by atoms with van der Waals surface area (Å²) in [6.07, 6.45) is 6.86. The summed E-state index contributed by atoms with van der Waals surface area (Å²) < 4.78 is 0. The van der Waals surface area contributed by atoms with E-state index >= 15 is 0 Å². The molecule has 7 aromatic carbocycles. The normalized spacial score (nSPS) is 23.3. The van der Waals surface area contributed by atoms with Crippen LogP contribution < -0.4 is 0 Å². The third-order valence-electron chi connectivity index (χ3n) is 13.7. The first-order valence-corrected chi connectivity index (χ1v) is 19.8. The molecule has 13 rings (SSSR count). The van der Waals surface area contributed by atoms with Gasteiger partial charge in [-0.2, -0.15) is 0 Å². The molecule has 0 radical (unpaired) electrons. The van der Waals surface area contributed by atoms with Gasteiger partial charge >= 0.3 is 0 Å². The predicted octanol–water partition coefficient (Wildman–Crippen LogP) is 12.6. The van der Waals surface area contributed by atoms with E-state index in [2.05, 4.69) is 146 Å². The Bertz CT molecular complexity index is 2750. The van der Waals surface area contributed by atoms with Gasteiger partial charge in [-0.15, -0.1) is 0 Å². The lowest BCUT2D eigenvalue weighted by atomic mass is 9.43. The van der Waals surface area contributed by atoms with Gasteiger partial charge in [-0.25, -0.2) is 15.0 Å². The van der Waals surface area contributed by atoms with E-state index in [-0.39, 0.29) is 5.41 Å². The zero-order valence-electron chi connectivity index (χ0n) is 30.1. The van der Waals surface area contributed by atoms with E-state index in [4.69, 9.17) is 15.0 Å². The molecular weight excluding hydrogens is 655 g/mol. The van der Waals surface area contributed by atoms with Crippen molar-refractivity contribution in [3.05, 3.63) is 163 Å². The molecule has 1 aromatic heterocycles. The molecule has 54 heavy (non-hydrogen) atoms. The zero-order valence-corrected chi connectivity index (χ0v) is 30.1. The molecule has 0 aliphatic heterocycles. The van der Waals surface area contributed by atoms with Crippen molar-refractivity contribution in [2.24, 2.45) is 23.7 Å². The second-order valence-corrected chi connectivity index (χ2v) is 16.5. The smallest absolute Gasteiger partial charge is 0.164 e. The molecule has 4 saturated carbocycles. The topological polar surface area (TPSA) is 38.7 Å². The van der Waals surface area contributed by atoms with E-state index < -0.39 is 0 Å². The highest BCUT2D eigenvalue weighted by Gasteiger charge is 2.61. The van der Waals surface area contributed by atoms with Gasteiger partial charge in [0.25, 0.3) is 0 Å². The van der Waals surface area contributed by atoms with Crippen LogP contribution in [-0.4, -0.2) is 15.0 Å². The summed E-state index contributed by atoms with van der Waals surface area (Å²) in [6.45, 7) is 0. The monoisotopic (exact) mass is 693 g/mol. The van der Waals surface area contributed by atoms with Crippen molar-refractivity contribution < 1.29 is 0 Å². The molecule has 0 saturated heterocycles. The third kappa shape index (κ3) is 4.45. The maximum Gasteiger partial charge on any atom is 0.164 e. The van der Waals surface area contributed by atoms with Crippen LogP contribution in [0.2, 0.25) is 0 Å². The molecule has 0 unspecified atom stereocenters. The predicted molar refractivity (Wildman–Crippen MR) is 220 cm³/mol. The van der Waals surface area contributed by atoms with Gasteiger partial charge in [0, 0.05) is 22.1 Å². The van der Waals surface area contributed by atoms with Crippen molar-refractivity contribution in [2.45, 2.75) is 37.5 Å². The van der Waals surface area contributed by atoms with Crippen LogP contribution in [0.25, 0.3) is 78.0 Å². The second-order valence-electron chi connectivity index (χ2n) is 16.5. The molecule has 4 bridgehead atoms. The first-order chi connectivity index (χ1) is 26.7. The summed E-state index contributed by atoms with van der Waals surface area (Å²) in [5.41, 5.74) is 11.5. The molecule has 1 heterocycles. The molecule has 8 aromatic rings. The average molecular weight is 694 g/mol. The minimum Gasteiger partial charge on any atom is -0.208 e. The Balaban J connectivity index is 1.02. The van der Waals surface area contributed by atoms with E-state index in [0.717, 1.165) is 34.4 Å². The maximum absolute atomic E-state index is 5.27. The van der Waals surface area contributed by atoms with Crippen LogP contribution in [0.5, 0.6) is 0 Å². The summed E-state index contributed by atoms with van der Waals surface area (Å²) in [6, 6.07) is 55.4. The first-order valence-electron chi connectivity index (χ1n) is 19.8. The van der Waals surface area contributed by atoms with Gasteiger partial charge in [0.05, 0.1) is 0 Å². The number of rotatable bonds is 4. The van der Waals surface area contributed by atoms with Gasteiger partial charge < -0.3 is 0 Å². The maximum atomic E-state index is 5.27. The summed E-state index contributed by atoms with van der Waals surface area (Å²) >= 11 is 0. The van der Waals surface area contributed by atoms with Gasteiger partial charge in [-0.3, -0.25) is 0 Å². The highest BCUT2D eigenvalue weighted by molar-refractivity contribution is 5.97. The van der Waals surface area contributed by atoms with E-state index in [1.54, 1.807) is 5.56 Å². The Morgan fingerprint density at radius 3 is 1.63 bits per heavy atom. The Morgan fingerprint density at radius 2 is 0.907 bits per heavy atom. The number of hydrogen-bond acceptors (Lipinski definition) is 3. The van der Waals surface area contributed by atoms with Gasteiger partial charge in [-0.1, -0.05) is 133 Å². The van der Waals surface area contributed by atoms with Crippen LogP contribution in [0, 0.1) is 23.7 Å².